The van der Waals surface area contributed by atoms with Crippen molar-refractivity contribution in [1.29, 1.82) is 5.41 Å². The third-order valence-electron chi connectivity index (χ3n) is 7.00. The molecule has 3 aromatic heterocycles. The molecule has 0 saturated heterocycles. The van der Waals surface area contributed by atoms with Crippen LogP contribution >= 0.6 is 11.6 Å². The number of nitrogens with one attached hydrogen (secondary N) is 1. The number of hydrogen-bond donors (Lipinski definition) is 2. The molecule has 5 rings (SSSR count). The molecule has 1 fully saturated rings. The number of primary amides is 1. The van der Waals surface area contributed by atoms with E-state index in [1.54, 1.807) is 18.5 Å². The van der Waals surface area contributed by atoms with E-state index in [-0.39, 0.29) is 5.82 Å². The Balaban J connectivity index is 1.70. The molecule has 0 aliphatic heterocycles. The van der Waals surface area contributed by atoms with Crippen LogP contribution in [0.5, 0.6) is 0 Å². The molecule has 9 heteroatoms. The standard InChI is InChI=1S/C28H29ClN6O2/c1-17-7-9-19(10-8-17)15-35-16-21(11-18-5-3-2-4-6-18)24-25(35)23(20-12-22(29)14-32-13-20)33-27(34-24)26(30)37-28(31)36/h2-6,12-14,16-17,19,30H,7-11,15H2,1H3,(H2,31,36). The Hall–Kier alpha value is -3.78. The first-order valence-electron chi connectivity index (χ1n) is 12.5. The van der Waals surface area contributed by atoms with E-state index < -0.39 is 12.0 Å². The molecule has 1 saturated carbocycles. The minimum Gasteiger partial charge on any atom is -0.388 e. The molecule has 0 unspecified atom stereocenters. The van der Waals surface area contributed by atoms with Crippen LogP contribution in [0, 0.1) is 17.2 Å². The van der Waals surface area contributed by atoms with Crippen molar-refractivity contribution < 1.29 is 9.53 Å². The van der Waals surface area contributed by atoms with Gasteiger partial charge in [-0.3, -0.25) is 10.4 Å². The zero-order chi connectivity index (χ0) is 25.9. The SMILES string of the molecule is CC1CCC(Cn2cc(Cc3ccccc3)c3nc(C(=N)OC(N)=O)nc(-c4cncc(Cl)c4)c32)CC1. The van der Waals surface area contributed by atoms with Crippen LogP contribution in [-0.2, 0) is 17.7 Å². The van der Waals surface area contributed by atoms with E-state index in [0.717, 1.165) is 29.1 Å². The number of amides is 1. The van der Waals surface area contributed by atoms with E-state index in [9.17, 15) is 4.79 Å². The van der Waals surface area contributed by atoms with E-state index in [4.69, 9.17) is 32.5 Å². The molecule has 1 aliphatic rings. The largest absolute Gasteiger partial charge is 0.411 e. The Morgan fingerprint density at radius 3 is 2.62 bits per heavy atom. The number of halogens is 1. The van der Waals surface area contributed by atoms with Gasteiger partial charge in [-0.05, 0) is 36.3 Å². The lowest BCUT2D eigenvalue weighted by atomic mass is 9.83. The van der Waals surface area contributed by atoms with Crippen molar-refractivity contribution in [2.24, 2.45) is 17.6 Å². The zero-order valence-corrected chi connectivity index (χ0v) is 21.4. The van der Waals surface area contributed by atoms with Crippen molar-refractivity contribution in [2.75, 3.05) is 0 Å². The number of hydrogen-bond acceptors (Lipinski definition) is 6. The van der Waals surface area contributed by atoms with Gasteiger partial charge in [0, 0.05) is 42.7 Å². The van der Waals surface area contributed by atoms with Gasteiger partial charge in [0.1, 0.15) is 5.69 Å². The molecule has 0 spiro atoms. The average molecular weight is 517 g/mol. The van der Waals surface area contributed by atoms with Gasteiger partial charge < -0.3 is 15.0 Å². The number of ether oxygens (including phenoxy) is 1. The van der Waals surface area contributed by atoms with Crippen LogP contribution in [0.25, 0.3) is 22.3 Å². The number of fused-ring (bicyclic) bond motifs is 1. The van der Waals surface area contributed by atoms with Gasteiger partial charge in [-0.15, -0.1) is 0 Å². The summed E-state index contributed by atoms with van der Waals surface area (Å²) in [6.07, 6.45) is 9.78. The van der Waals surface area contributed by atoms with Gasteiger partial charge in [0.25, 0.3) is 5.90 Å². The number of aromatic nitrogens is 4. The summed E-state index contributed by atoms with van der Waals surface area (Å²) in [6.45, 7) is 3.17. The van der Waals surface area contributed by atoms with Gasteiger partial charge in [0.2, 0.25) is 5.82 Å². The highest BCUT2D eigenvalue weighted by atomic mass is 35.5. The van der Waals surface area contributed by atoms with Crippen molar-refractivity contribution in [3.8, 4) is 11.3 Å². The van der Waals surface area contributed by atoms with Gasteiger partial charge in [-0.2, -0.15) is 0 Å². The lowest BCUT2D eigenvalue weighted by Crippen LogP contribution is -2.21. The first kappa shape index (κ1) is 24.9. The monoisotopic (exact) mass is 516 g/mol. The van der Waals surface area contributed by atoms with Crippen molar-refractivity contribution in [3.63, 3.8) is 0 Å². The van der Waals surface area contributed by atoms with Gasteiger partial charge in [0.15, 0.2) is 0 Å². The molecule has 0 bridgehead atoms. The number of nitrogens with zero attached hydrogens (tertiary/aromatic N) is 4. The number of carbonyl (C=O) groups is 1. The quantitative estimate of drug-likeness (QED) is 0.241. The fourth-order valence-corrected chi connectivity index (χ4v) is 5.31. The Morgan fingerprint density at radius 2 is 1.92 bits per heavy atom. The van der Waals surface area contributed by atoms with Crippen LogP contribution in [-0.4, -0.2) is 31.5 Å². The number of benzene rings is 1. The summed E-state index contributed by atoms with van der Waals surface area (Å²) in [4.78, 5) is 25.0. The van der Waals surface area contributed by atoms with Crippen LogP contribution in [0.1, 0.15) is 49.6 Å². The molecule has 8 nitrogen and oxygen atoms in total. The van der Waals surface area contributed by atoms with E-state index >= 15 is 0 Å². The van der Waals surface area contributed by atoms with E-state index in [1.807, 2.05) is 18.2 Å². The van der Waals surface area contributed by atoms with Gasteiger partial charge >= 0.3 is 6.09 Å². The van der Waals surface area contributed by atoms with E-state index in [2.05, 4.69) is 39.8 Å². The highest BCUT2D eigenvalue weighted by molar-refractivity contribution is 6.30. The van der Waals surface area contributed by atoms with Crippen LogP contribution in [0.3, 0.4) is 0 Å². The first-order valence-corrected chi connectivity index (χ1v) is 12.9. The van der Waals surface area contributed by atoms with Crippen molar-refractivity contribution >= 4 is 34.6 Å². The smallest absolute Gasteiger partial charge is 0.388 e. The second-order valence-corrected chi connectivity index (χ2v) is 10.3. The summed E-state index contributed by atoms with van der Waals surface area (Å²) < 4.78 is 7.09. The number of nitrogens with two attached hydrogens (primary N) is 1. The Labute approximate surface area is 220 Å². The van der Waals surface area contributed by atoms with Gasteiger partial charge in [0.05, 0.1) is 16.1 Å². The summed E-state index contributed by atoms with van der Waals surface area (Å²) >= 11 is 6.30. The van der Waals surface area contributed by atoms with E-state index in [0.29, 0.717) is 34.1 Å². The molecule has 0 atom stereocenters. The molecule has 0 radical (unpaired) electrons. The summed E-state index contributed by atoms with van der Waals surface area (Å²) in [7, 11) is 0. The second-order valence-electron chi connectivity index (χ2n) is 9.83. The third-order valence-corrected chi connectivity index (χ3v) is 7.21. The number of pyridine rings is 1. The molecule has 1 aromatic carbocycles. The summed E-state index contributed by atoms with van der Waals surface area (Å²) in [6, 6.07) is 12.0. The Morgan fingerprint density at radius 1 is 1.16 bits per heavy atom. The van der Waals surface area contributed by atoms with Gasteiger partial charge in [-0.1, -0.05) is 61.7 Å². The lowest BCUT2D eigenvalue weighted by molar-refractivity contribution is 0.207. The first-order chi connectivity index (χ1) is 17.9. The highest BCUT2D eigenvalue weighted by Gasteiger charge is 2.24. The van der Waals surface area contributed by atoms with Crippen molar-refractivity contribution in [3.05, 3.63) is 77.0 Å². The fraction of sp³-hybridized carbons (Fsp3) is 0.321. The molecule has 3 N–H and O–H groups in total. The summed E-state index contributed by atoms with van der Waals surface area (Å²) in [5.41, 5.74) is 10.1. The van der Waals surface area contributed by atoms with Crippen LogP contribution in [0.15, 0.2) is 55.0 Å². The maximum absolute atomic E-state index is 11.4. The average Bonchev–Trinajstić information content (AvgIpc) is 3.22. The van der Waals surface area contributed by atoms with Gasteiger partial charge in [-0.25, -0.2) is 14.8 Å². The molecule has 190 valence electrons. The summed E-state index contributed by atoms with van der Waals surface area (Å²) in [5.74, 6) is 0.782. The fourth-order valence-electron chi connectivity index (χ4n) is 5.13. The summed E-state index contributed by atoms with van der Waals surface area (Å²) in [5, 5.41) is 8.73. The molecular formula is C28H29ClN6O2. The predicted molar refractivity (Wildman–Crippen MR) is 144 cm³/mol. The minimum absolute atomic E-state index is 0.0279. The molecule has 1 aliphatic carbocycles. The number of rotatable bonds is 6. The van der Waals surface area contributed by atoms with Crippen LogP contribution < -0.4 is 5.73 Å². The Kier molecular flexibility index (Phi) is 7.19. The molecule has 3 heterocycles. The zero-order valence-electron chi connectivity index (χ0n) is 20.7. The number of carbonyl (C=O) groups excluding carboxylic acids is 1. The normalized spacial score (nSPS) is 17.6. The Bertz CT molecular complexity index is 1440. The van der Waals surface area contributed by atoms with E-state index in [1.165, 1.54) is 25.7 Å². The van der Waals surface area contributed by atoms with Crippen molar-refractivity contribution in [1.82, 2.24) is 19.5 Å². The van der Waals surface area contributed by atoms with Crippen LogP contribution in [0.4, 0.5) is 4.79 Å². The highest BCUT2D eigenvalue weighted by Crippen LogP contribution is 2.35. The van der Waals surface area contributed by atoms with Crippen LogP contribution in [0.2, 0.25) is 5.02 Å². The maximum atomic E-state index is 11.4. The predicted octanol–water partition coefficient (Wildman–Crippen LogP) is 5.98. The topological polar surface area (TPSA) is 120 Å². The molecule has 37 heavy (non-hydrogen) atoms. The minimum atomic E-state index is -1.09. The molecular weight excluding hydrogens is 488 g/mol. The molecule has 4 aromatic rings. The third kappa shape index (κ3) is 5.64. The maximum Gasteiger partial charge on any atom is 0.411 e. The second kappa shape index (κ2) is 10.7. The lowest BCUT2D eigenvalue weighted by Gasteiger charge is -2.26. The molecule has 1 amide bonds. The van der Waals surface area contributed by atoms with Crippen molar-refractivity contribution in [2.45, 2.75) is 45.6 Å².